The van der Waals surface area contributed by atoms with Gasteiger partial charge in [-0.1, -0.05) is 12.1 Å². The molecule has 124 valence electrons. The van der Waals surface area contributed by atoms with Crippen LogP contribution in [0.15, 0.2) is 42.0 Å². The minimum absolute atomic E-state index is 0.0181. The van der Waals surface area contributed by atoms with Crippen molar-refractivity contribution in [2.24, 2.45) is 7.05 Å². The van der Waals surface area contributed by atoms with Gasteiger partial charge in [-0.15, -0.1) is 11.3 Å². The molecule has 1 unspecified atom stereocenters. The monoisotopic (exact) mass is 346 g/mol. The minimum atomic E-state index is -0.911. The number of benzene rings is 1. The molecule has 0 radical (unpaired) electrons. The maximum absolute atomic E-state index is 12.9. The van der Waals surface area contributed by atoms with E-state index in [2.05, 4.69) is 15.4 Å². The van der Waals surface area contributed by atoms with E-state index in [1.54, 1.807) is 16.3 Å². The first-order valence-corrected chi connectivity index (χ1v) is 8.07. The summed E-state index contributed by atoms with van der Waals surface area (Å²) in [6.45, 7) is 0.0181. The van der Waals surface area contributed by atoms with Gasteiger partial charge in [-0.3, -0.25) is 9.48 Å². The standard InChI is InChI=1S/C16H15FN4O2S/c1-21-8-11(6-19-21)16-20-13(9-24-16)15(23)18-7-14(22)10-2-4-12(17)5-3-10/h2-6,8-9,14,22H,7H2,1H3,(H,18,23). The third-order valence-electron chi connectivity index (χ3n) is 3.40. The summed E-state index contributed by atoms with van der Waals surface area (Å²) in [5.74, 6) is -0.747. The van der Waals surface area contributed by atoms with E-state index in [1.807, 2.05) is 13.2 Å². The fourth-order valence-corrected chi connectivity index (χ4v) is 2.90. The first kappa shape index (κ1) is 16.3. The summed E-state index contributed by atoms with van der Waals surface area (Å²) in [6, 6.07) is 5.49. The SMILES string of the molecule is Cn1cc(-c2nc(C(=O)NCC(O)c3ccc(F)cc3)cs2)cn1. The van der Waals surface area contributed by atoms with Gasteiger partial charge in [-0.25, -0.2) is 9.37 Å². The fourth-order valence-electron chi connectivity index (χ4n) is 2.12. The molecular formula is C16H15FN4O2S. The number of thiazole rings is 1. The largest absolute Gasteiger partial charge is 0.387 e. The van der Waals surface area contributed by atoms with Gasteiger partial charge < -0.3 is 10.4 Å². The number of carbonyl (C=O) groups excluding carboxylic acids is 1. The summed E-state index contributed by atoms with van der Waals surface area (Å²) in [7, 11) is 1.81. The van der Waals surface area contributed by atoms with Gasteiger partial charge in [0.25, 0.3) is 5.91 Å². The molecule has 2 heterocycles. The molecule has 0 aliphatic carbocycles. The van der Waals surface area contributed by atoms with Crippen LogP contribution in [0.5, 0.6) is 0 Å². The number of aryl methyl sites for hydroxylation is 1. The molecule has 0 aliphatic rings. The third kappa shape index (κ3) is 3.66. The van der Waals surface area contributed by atoms with Gasteiger partial charge in [-0.05, 0) is 17.7 Å². The number of aliphatic hydroxyl groups is 1. The highest BCUT2D eigenvalue weighted by Gasteiger charge is 2.15. The molecule has 0 saturated carbocycles. The molecule has 0 saturated heterocycles. The number of aliphatic hydroxyl groups excluding tert-OH is 1. The zero-order valence-corrected chi connectivity index (χ0v) is 13.6. The van der Waals surface area contributed by atoms with E-state index in [0.29, 0.717) is 10.6 Å². The highest BCUT2D eigenvalue weighted by atomic mass is 32.1. The predicted octanol–water partition coefficient (Wildman–Crippen LogP) is 2.15. The molecule has 0 bridgehead atoms. The molecule has 8 heteroatoms. The second kappa shape index (κ2) is 6.90. The van der Waals surface area contributed by atoms with Gasteiger partial charge in [-0.2, -0.15) is 5.10 Å². The van der Waals surface area contributed by atoms with Gasteiger partial charge in [0.05, 0.1) is 12.3 Å². The van der Waals surface area contributed by atoms with Crippen LogP contribution in [0.4, 0.5) is 4.39 Å². The number of nitrogens with zero attached hydrogens (tertiary/aromatic N) is 3. The van der Waals surface area contributed by atoms with E-state index >= 15 is 0 Å². The molecule has 24 heavy (non-hydrogen) atoms. The topological polar surface area (TPSA) is 80.0 Å². The van der Waals surface area contributed by atoms with Crippen LogP contribution in [0, 0.1) is 5.82 Å². The lowest BCUT2D eigenvalue weighted by atomic mass is 10.1. The maximum Gasteiger partial charge on any atom is 0.270 e. The molecule has 6 nitrogen and oxygen atoms in total. The first-order chi connectivity index (χ1) is 11.5. The van der Waals surface area contributed by atoms with E-state index in [1.165, 1.54) is 35.6 Å². The lowest BCUT2D eigenvalue weighted by Gasteiger charge is -2.11. The number of rotatable bonds is 5. The summed E-state index contributed by atoms with van der Waals surface area (Å²) in [4.78, 5) is 16.4. The van der Waals surface area contributed by atoms with Crippen molar-refractivity contribution >= 4 is 17.2 Å². The van der Waals surface area contributed by atoms with Crippen molar-refractivity contribution in [1.29, 1.82) is 0 Å². The van der Waals surface area contributed by atoms with Gasteiger partial charge >= 0.3 is 0 Å². The zero-order valence-electron chi connectivity index (χ0n) is 12.8. The molecule has 2 N–H and O–H groups in total. The van der Waals surface area contributed by atoms with Crippen LogP contribution in [0.2, 0.25) is 0 Å². The van der Waals surface area contributed by atoms with Crippen molar-refractivity contribution in [3.63, 3.8) is 0 Å². The summed E-state index contributed by atoms with van der Waals surface area (Å²) < 4.78 is 14.5. The third-order valence-corrected chi connectivity index (χ3v) is 4.29. The zero-order chi connectivity index (χ0) is 17.1. The Morgan fingerprint density at radius 3 is 2.83 bits per heavy atom. The quantitative estimate of drug-likeness (QED) is 0.742. The molecule has 3 aromatic rings. The lowest BCUT2D eigenvalue weighted by molar-refractivity contribution is 0.0912. The number of hydrogen-bond acceptors (Lipinski definition) is 5. The van der Waals surface area contributed by atoms with Crippen LogP contribution in [0.1, 0.15) is 22.2 Å². The molecule has 1 atom stereocenters. The van der Waals surface area contributed by atoms with Crippen molar-refractivity contribution in [3.05, 3.63) is 59.1 Å². The van der Waals surface area contributed by atoms with Crippen molar-refractivity contribution < 1.29 is 14.3 Å². The Bertz CT molecular complexity index is 844. The molecule has 3 rings (SSSR count). The van der Waals surface area contributed by atoms with Crippen LogP contribution in [0.3, 0.4) is 0 Å². The van der Waals surface area contributed by atoms with Crippen LogP contribution in [-0.4, -0.2) is 32.3 Å². The molecule has 0 fully saturated rings. The molecule has 1 aromatic carbocycles. The number of nitrogens with one attached hydrogen (secondary N) is 1. The molecule has 1 amide bonds. The van der Waals surface area contributed by atoms with E-state index in [-0.39, 0.29) is 24.0 Å². The number of halogens is 1. The highest BCUT2D eigenvalue weighted by molar-refractivity contribution is 7.13. The molecule has 0 spiro atoms. The van der Waals surface area contributed by atoms with E-state index < -0.39 is 6.10 Å². The first-order valence-electron chi connectivity index (χ1n) is 7.19. The van der Waals surface area contributed by atoms with E-state index in [4.69, 9.17) is 0 Å². The van der Waals surface area contributed by atoms with Crippen LogP contribution in [0.25, 0.3) is 10.6 Å². The van der Waals surface area contributed by atoms with Gasteiger partial charge in [0.15, 0.2) is 0 Å². The Balaban J connectivity index is 1.61. The van der Waals surface area contributed by atoms with Gasteiger partial charge in [0.1, 0.15) is 16.5 Å². The van der Waals surface area contributed by atoms with Crippen molar-refractivity contribution in [3.8, 4) is 10.6 Å². The number of hydrogen-bond donors (Lipinski definition) is 2. The Labute approximate surface area is 141 Å². The van der Waals surface area contributed by atoms with Crippen molar-refractivity contribution in [2.45, 2.75) is 6.10 Å². The summed E-state index contributed by atoms with van der Waals surface area (Å²) in [6.07, 6.45) is 2.59. The van der Waals surface area contributed by atoms with Crippen LogP contribution < -0.4 is 5.32 Å². The normalized spacial score (nSPS) is 12.1. The van der Waals surface area contributed by atoms with Crippen molar-refractivity contribution in [1.82, 2.24) is 20.1 Å². The Morgan fingerprint density at radius 1 is 1.42 bits per heavy atom. The number of amides is 1. The van der Waals surface area contributed by atoms with Gasteiger partial charge in [0.2, 0.25) is 0 Å². The number of carbonyl (C=O) groups is 1. The number of aromatic nitrogens is 3. The summed E-state index contributed by atoms with van der Waals surface area (Å²) in [5.41, 5.74) is 1.66. The lowest BCUT2D eigenvalue weighted by Crippen LogP contribution is -2.28. The second-order valence-corrected chi connectivity index (χ2v) is 6.08. The smallest absolute Gasteiger partial charge is 0.270 e. The van der Waals surface area contributed by atoms with Crippen molar-refractivity contribution in [2.75, 3.05) is 6.54 Å². The summed E-state index contributed by atoms with van der Waals surface area (Å²) in [5, 5.41) is 19.1. The summed E-state index contributed by atoms with van der Waals surface area (Å²) >= 11 is 1.35. The Morgan fingerprint density at radius 2 is 2.17 bits per heavy atom. The fraction of sp³-hybridized carbons (Fsp3) is 0.188. The molecular weight excluding hydrogens is 331 g/mol. The predicted molar refractivity (Wildman–Crippen MR) is 88.0 cm³/mol. The minimum Gasteiger partial charge on any atom is -0.387 e. The van der Waals surface area contributed by atoms with Crippen LogP contribution >= 0.6 is 11.3 Å². The maximum atomic E-state index is 12.9. The second-order valence-electron chi connectivity index (χ2n) is 5.22. The van der Waals surface area contributed by atoms with Crippen LogP contribution in [-0.2, 0) is 7.05 Å². The van der Waals surface area contributed by atoms with E-state index in [0.717, 1.165) is 5.56 Å². The Kier molecular flexibility index (Phi) is 4.68. The molecule has 0 aliphatic heterocycles. The highest BCUT2D eigenvalue weighted by Crippen LogP contribution is 2.23. The molecule has 2 aromatic heterocycles. The van der Waals surface area contributed by atoms with E-state index in [9.17, 15) is 14.3 Å². The average Bonchev–Trinajstić information content (AvgIpc) is 3.22. The Hall–Kier alpha value is -2.58. The van der Waals surface area contributed by atoms with Gasteiger partial charge in [0, 0.05) is 30.7 Å². The average molecular weight is 346 g/mol.